The smallest absolute Gasteiger partial charge is 0.319 e. The van der Waals surface area contributed by atoms with Crippen LogP contribution in [-0.2, 0) is 4.74 Å². The zero-order chi connectivity index (χ0) is 16.1. The molecule has 118 valence electrons. The number of anilines is 1. The van der Waals surface area contributed by atoms with Crippen LogP contribution in [0.3, 0.4) is 0 Å². The Bertz CT molecular complexity index is 661. The maximum absolute atomic E-state index is 11.9. The first kappa shape index (κ1) is 17.1. The van der Waals surface area contributed by atoms with Crippen LogP contribution in [0.15, 0.2) is 30.3 Å². The lowest BCUT2D eigenvalue weighted by Crippen LogP contribution is -2.32. The van der Waals surface area contributed by atoms with Gasteiger partial charge in [-0.2, -0.15) is 0 Å². The second kappa shape index (κ2) is 7.83. The Morgan fingerprint density at radius 3 is 2.64 bits per heavy atom. The molecule has 0 aliphatic carbocycles. The van der Waals surface area contributed by atoms with Crippen molar-refractivity contribution in [1.29, 1.82) is 0 Å². The second-order valence-electron chi connectivity index (χ2n) is 4.64. The standard InChI is InChI=1S/C15H16Cl2N2O2S/c1-9-3-6-14(22-9)13(21-2)8-18-15(20)19-10-4-5-11(16)12(17)7-10/h3-7,13H,8H2,1-2H3,(H2,18,19,20). The number of halogens is 2. The average Bonchev–Trinajstić information content (AvgIpc) is 2.90. The molecule has 0 saturated heterocycles. The first-order valence-corrected chi connectivity index (χ1v) is 8.16. The lowest BCUT2D eigenvalue weighted by molar-refractivity contribution is 0.107. The summed E-state index contributed by atoms with van der Waals surface area (Å²) in [6.45, 7) is 2.41. The fourth-order valence-corrected chi connectivity index (χ4v) is 3.11. The molecule has 4 nitrogen and oxygen atoms in total. The molecular weight excluding hydrogens is 343 g/mol. The molecule has 0 spiro atoms. The third kappa shape index (κ3) is 4.61. The molecule has 0 radical (unpaired) electrons. The highest BCUT2D eigenvalue weighted by Crippen LogP contribution is 2.26. The molecule has 2 aromatic rings. The number of nitrogens with one attached hydrogen (secondary N) is 2. The van der Waals surface area contributed by atoms with Gasteiger partial charge in [-0.1, -0.05) is 23.2 Å². The molecule has 0 aliphatic rings. The van der Waals surface area contributed by atoms with E-state index in [1.165, 1.54) is 4.88 Å². The van der Waals surface area contributed by atoms with Crippen molar-refractivity contribution in [2.75, 3.05) is 19.0 Å². The maximum atomic E-state index is 11.9. The molecule has 1 aromatic heterocycles. The number of thiophene rings is 1. The highest BCUT2D eigenvalue weighted by Gasteiger charge is 2.14. The third-order valence-electron chi connectivity index (χ3n) is 2.99. The average molecular weight is 359 g/mol. The minimum absolute atomic E-state index is 0.168. The minimum atomic E-state index is -0.325. The van der Waals surface area contributed by atoms with E-state index >= 15 is 0 Å². The van der Waals surface area contributed by atoms with Gasteiger partial charge in [0.25, 0.3) is 0 Å². The SMILES string of the molecule is COC(CNC(=O)Nc1ccc(Cl)c(Cl)c1)c1ccc(C)s1. The quantitative estimate of drug-likeness (QED) is 0.800. The first-order valence-electron chi connectivity index (χ1n) is 6.58. The van der Waals surface area contributed by atoms with Crippen LogP contribution < -0.4 is 10.6 Å². The molecule has 22 heavy (non-hydrogen) atoms. The van der Waals surface area contributed by atoms with Crippen LogP contribution in [0.25, 0.3) is 0 Å². The third-order valence-corrected chi connectivity index (χ3v) is 4.82. The fourth-order valence-electron chi connectivity index (χ4n) is 1.86. The van der Waals surface area contributed by atoms with Crippen molar-refractivity contribution in [1.82, 2.24) is 5.32 Å². The summed E-state index contributed by atoms with van der Waals surface area (Å²) in [6.07, 6.45) is -0.168. The summed E-state index contributed by atoms with van der Waals surface area (Å²) in [6, 6.07) is 8.62. The van der Waals surface area contributed by atoms with E-state index < -0.39 is 0 Å². The molecule has 0 fully saturated rings. The van der Waals surface area contributed by atoms with Gasteiger partial charge in [-0.15, -0.1) is 11.3 Å². The van der Waals surface area contributed by atoms with Crippen LogP contribution in [0.4, 0.5) is 10.5 Å². The van der Waals surface area contributed by atoms with E-state index in [2.05, 4.69) is 10.6 Å². The lowest BCUT2D eigenvalue weighted by Gasteiger charge is -2.15. The zero-order valence-electron chi connectivity index (χ0n) is 12.2. The van der Waals surface area contributed by atoms with E-state index in [4.69, 9.17) is 27.9 Å². The molecular formula is C15H16Cl2N2O2S. The number of ether oxygens (including phenoxy) is 1. The molecule has 0 aliphatic heterocycles. The Labute approximate surface area is 143 Å². The summed E-state index contributed by atoms with van der Waals surface area (Å²) in [4.78, 5) is 14.2. The van der Waals surface area contributed by atoms with Crippen LogP contribution in [0.5, 0.6) is 0 Å². The van der Waals surface area contributed by atoms with Gasteiger partial charge < -0.3 is 15.4 Å². The van der Waals surface area contributed by atoms with Crippen LogP contribution in [0.2, 0.25) is 10.0 Å². The van der Waals surface area contributed by atoms with Crippen molar-refractivity contribution in [2.45, 2.75) is 13.0 Å². The Morgan fingerprint density at radius 2 is 2.05 bits per heavy atom. The van der Waals surface area contributed by atoms with Crippen LogP contribution >= 0.6 is 34.5 Å². The van der Waals surface area contributed by atoms with Crippen molar-refractivity contribution in [3.63, 3.8) is 0 Å². The van der Waals surface area contributed by atoms with Gasteiger partial charge in [-0.25, -0.2) is 4.79 Å². The normalized spacial score (nSPS) is 12.0. The van der Waals surface area contributed by atoms with Gasteiger partial charge in [0.15, 0.2) is 0 Å². The van der Waals surface area contributed by atoms with E-state index in [0.717, 1.165) is 4.88 Å². The largest absolute Gasteiger partial charge is 0.374 e. The first-order chi connectivity index (χ1) is 10.5. The van der Waals surface area contributed by atoms with E-state index in [1.54, 1.807) is 36.6 Å². The van der Waals surface area contributed by atoms with Gasteiger partial charge in [0.2, 0.25) is 0 Å². The molecule has 0 bridgehead atoms. The number of hydrogen-bond acceptors (Lipinski definition) is 3. The zero-order valence-corrected chi connectivity index (χ0v) is 14.5. The Hall–Kier alpha value is -1.27. The predicted molar refractivity (Wildman–Crippen MR) is 92.3 cm³/mol. The molecule has 0 saturated carbocycles. The number of urea groups is 1. The molecule has 2 amide bonds. The Morgan fingerprint density at radius 1 is 1.27 bits per heavy atom. The minimum Gasteiger partial charge on any atom is -0.374 e. The van der Waals surface area contributed by atoms with E-state index in [-0.39, 0.29) is 12.1 Å². The number of benzene rings is 1. The second-order valence-corrected chi connectivity index (χ2v) is 6.77. The number of aryl methyl sites for hydroxylation is 1. The van der Waals surface area contributed by atoms with Crippen LogP contribution in [0.1, 0.15) is 15.9 Å². The summed E-state index contributed by atoms with van der Waals surface area (Å²) >= 11 is 13.4. The predicted octanol–water partition coefficient (Wildman–Crippen LogP) is 4.87. The number of amides is 2. The van der Waals surface area contributed by atoms with Crippen LogP contribution in [-0.4, -0.2) is 19.7 Å². The van der Waals surface area contributed by atoms with Gasteiger partial charge in [0.1, 0.15) is 6.10 Å². The molecule has 7 heteroatoms. The lowest BCUT2D eigenvalue weighted by atomic mass is 10.3. The van der Waals surface area contributed by atoms with E-state index in [1.807, 2.05) is 19.1 Å². The number of methoxy groups -OCH3 is 1. The summed E-state index contributed by atoms with van der Waals surface area (Å²) in [5.41, 5.74) is 0.577. The summed E-state index contributed by atoms with van der Waals surface area (Å²) in [7, 11) is 1.62. The summed E-state index contributed by atoms with van der Waals surface area (Å²) < 4.78 is 5.41. The Balaban J connectivity index is 1.90. The number of carbonyl (C=O) groups is 1. The topological polar surface area (TPSA) is 50.4 Å². The highest BCUT2D eigenvalue weighted by molar-refractivity contribution is 7.12. The number of hydrogen-bond donors (Lipinski definition) is 2. The van der Waals surface area contributed by atoms with E-state index in [9.17, 15) is 4.79 Å². The Kier molecular flexibility index (Phi) is 6.08. The van der Waals surface area contributed by atoms with Gasteiger partial charge in [0.05, 0.1) is 16.6 Å². The van der Waals surface area contributed by atoms with Crippen molar-refractivity contribution in [2.24, 2.45) is 0 Å². The molecule has 1 aromatic carbocycles. The van der Waals surface area contributed by atoms with Crippen molar-refractivity contribution in [3.8, 4) is 0 Å². The number of carbonyl (C=O) groups excluding carboxylic acids is 1. The molecule has 2 N–H and O–H groups in total. The fraction of sp³-hybridized carbons (Fsp3) is 0.267. The molecule has 1 unspecified atom stereocenters. The molecule has 1 atom stereocenters. The van der Waals surface area contributed by atoms with Gasteiger partial charge >= 0.3 is 6.03 Å². The molecule has 1 heterocycles. The molecule has 2 rings (SSSR count). The van der Waals surface area contributed by atoms with Gasteiger partial charge in [0, 0.05) is 22.6 Å². The van der Waals surface area contributed by atoms with Crippen LogP contribution in [0, 0.1) is 6.92 Å². The van der Waals surface area contributed by atoms with Gasteiger partial charge in [-0.3, -0.25) is 0 Å². The van der Waals surface area contributed by atoms with Crippen molar-refractivity contribution < 1.29 is 9.53 Å². The summed E-state index contributed by atoms with van der Waals surface area (Å²) in [5, 5.41) is 6.32. The number of rotatable bonds is 5. The van der Waals surface area contributed by atoms with E-state index in [0.29, 0.717) is 22.3 Å². The summed E-state index contributed by atoms with van der Waals surface area (Å²) in [5.74, 6) is 0. The van der Waals surface area contributed by atoms with Crippen molar-refractivity contribution in [3.05, 3.63) is 50.1 Å². The monoisotopic (exact) mass is 358 g/mol. The van der Waals surface area contributed by atoms with Gasteiger partial charge in [-0.05, 0) is 37.3 Å². The maximum Gasteiger partial charge on any atom is 0.319 e. The van der Waals surface area contributed by atoms with Crippen molar-refractivity contribution >= 4 is 46.3 Å². The highest BCUT2D eigenvalue weighted by atomic mass is 35.5.